The summed E-state index contributed by atoms with van der Waals surface area (Å²) in [5.41, 5.74) is 0.0885. The van der Waals surface area contributed by atoms with E-state index < -0.39 is 18.0 Å². The number of carbonyl (C=O) groups excluding carboxylic acids is 1. The molecular weight excluding hydrogens is 448 g/mol. The molecule has 3 fully saturated rings. The molecule has 0 aromatic carbocycles. The number of halogens is 2. The van der Waals surface area contributed by atoms with E-state index in [-0.39, 0.29) is 35.5 Å². The van der Waals surface area contributed by atoms with Crippen LogP contribution < -0.4 is 10.2 Å². The fraction of sp³-hybridized carbons (Fsp3) is 0.545. The largest absolute Gasteiger partial charge is 0.393 e. The van der Waals surface area contributed by atoms with Crippen LogP contribution in [-0.4, -0.2) is 66.8 Å². The van der Waals surface area contributed by atoms with E-state index in [0.29, 0.717) is 50.3 Å². The lowest BCUT2D eigenvalue weighted by Gasteiger charge is -2.27. The summed E-state index contributed by atoms with van der Waals surface area (Å²) in [6.45, 7) is 1.17. The number of rotatable bonds is 5. The number of nitrogens with zero attached hydrogens (tertiary/aromatic N) is 6. The van der Waals surface area contributed by atoms with Gasteiger partial charge in [0, 0.05) is 25.1 Å². The third-order valence-corrected chi connectivity index (χ3v) is 7.03. The molecule has 2 atom stereocenters. The molecule has 3 aromatic rings. The van der Waals surface area contributed by atoms with E-state index in [1.54, 1.807) is 18.5 Å². The van der Waals surface area contributed by atoms with Gasteiger partial charge >= 0.3 is 0 Å². The van der Waals surface area contributed by atoms with Gasteiger partial charge in [-0.2, -0.15) is 5.10 Å². The van der Waals surface area contributed by atoms with Crippen LogP contribution in [0.25, 0.3) is 5.65 Å². The van der Waals surface area contributed by atoms with Gasteiger partial charge in [-0.1, -0.05) is 0 Å². The van der Waals surface area contributed by atoms with Crippen LogP contribution in [0.3, 0.4) is 0 Å². The minimum atomic E-state index is -2.85. The maximum absolute atomic E-state index is 13.8. The Labute approximate surface area is 193 Å². The minimum Gasteiger partial charge on any atom is -0.393 e. The SMILES string of the molecule is O=C(Nc1cn(C2CCC(O)CC2)nc1C(F)F)c1c(N2C[C@H]3C[C@@H]2CO3)nn2cccnc12. The number of hydrogen-bond acceptors (Lipinski definition) is 7. The third-order valence-electron chi connectivity index (χ3n) is 7.03. The average molecular weight is 473 g/mol. The normalized spacial score (nSPS) is 26.6. The first kappa shape index (κ1) is 21.4. The van der Waals surface area contributed by atoms with Crippen molar-refractivity contribution in [2.75, 3.05) is 23.4 Å². The van der Waals surface area contributed by atoms with Crippen molar-refractivity contribution in [1.29, 1.82) is 0 Å². The Morgan fingerprint density at radius 2 is 2.03 bits per heavy atom. The summed E-state index contributed by atoms with van der Waals surface area (Å²) in [4.78, 5) is 19.9. The number of anilines is 2. The van der Waals surface area contributed by atoms with Gasteiger partial charge in [-0.3, -0.25) is 9.48 Å². The molecule has 3 aliphatic rings. The molecule has 6 rings (SSSR count). The molecule has 2 N–H and O–H groups in total. The van der Waals surface area contributed by atoms with Gasteiger partial charge in [0.05, 0.1) is 36.6 Å². The molecular formula is C22H25F2N7O3. The van der Waals surface area contributed by atoms with Crippen molar-refractivity contribution in [2.45, 2.75) is 62.8 Å². The maximum Gasteiger partial charge on any atom is 0.284 e. The molecule has 10 nitrogen and oxygen atoms in total. The fourth-order valence-corrected chi connectivity index (χ4v) is 5.30. The number of nitrogens with one attached hydrogen (secondary N) is 1. The zero-order valence-electron chi connectivity index (χ0n) is 18.3. The number of aromatic nitrogens is 5. The lowest BCUT2D eigenvalue weighted by molar-refractivity contribution is 0.0979. The minimum absolute atomic E-state index is 0.0290. The number of carbonyl (C=O) groups is 1. The zero-order valence-corrected chi connectivity index (χ0v) is 18.3. The molecule has 3 aromatic heterocycles. The second-order valence-corrected chi connectivity index (χ2v) is 9.21. The van der Waals surface area contributed by atoms with Gasteiger partial charge in [-0.25, -0.2) is 18.3 Å². The number of amides is 1. The zero-order chi connectivity index (χ0) is 23.4. The number of ether oxygens (including phenoxy) is 1. The number of aliphatic hydroxyl groups is 1. The van der Waals surface area contributed by atoms with Crippen LogP contribution in [0.15, 0.2) is 24.7 Å². The molecule has 0 spiro atoms. The molecule has 2 saturated heterocycles. The Balaban J connectivity index is 1.34. The van der Waals surface area contributed by atoms with Crippen LogP contribution in [0.2, 0.25) is 0 Å². The molecule has 34 heavy (non-hydrogen) atoms. The van der Waals surface area contributed by atoms with Crippen LogP contribution >= 0.6 is 0 Å². The summed E-state index contributed by atoms with van der Waals surface area (Å²) in [6, 6.07) is 1.73. The fourth-order valence-electron chi connectivity index (χ4n) is 5.30. The van der Waals surface area contributed by atoms with E-state index >= 15 is 0 Å². The monoisotopic (exact) mass is 473 g/mol. The highest BCUT2D eigenvalue weighted by molar-refractivity contribution is 6.12. The van der Waals surface area contributed by atoms with E-state index in [0.717, 1.165) is 6.42 Å². The first-order valence-corrected chi connectivity index (χ1v) is 11.6. The van der Waals surface area contributed by atoms with E-state index in [1.807, 2.05) is 4.90 Å². The van der Waals surface area contributed by atoms with E-state index in [2.05, 4.69) is 20.5 Å². The maximum atomic E-state index is 13.8. The molecule has 2 bridgehead atoms. The number of aliphatic hydroxyl groups excluding tert-OH is 1. The topological polar surface area (TPSA) is 110 Å². The summed E-state index contributed by atoms with van der Waals surface area (Å²) in [5, 5.41) is 21.1. The van der Waals surface area contributed by atoms with Crippen molar-refractivity contribution in [3.63, 3.8) is 0 Å². The Kier molecular flexibility index (Phi) is 5.21. The van der Waals surface area contributed by atoms with Crippen molar-refractivity contribution < 1.29 is 23.4 Å². The average Bonchev–Trinajstić information content (AvgIpc) is 3.61. The van der Waals surface area contributed by atoms with E-state index in [9.17, 15) is 18.7 Å². The molecule has 0 radical (unpaired) electrons. The quantitative estimate of drug-likeness (QED) is 0.586. The Bertz CT molecular complexity index is 1220. The van der Waals surface area contributed by atoms with Crippen molar-refractivity contribution >= 4 is 23.1 Å². The molecule has 0 unspecified atom stereocenters. The van der Waals surface area contributed by atoms with Gasteiger partial charge in [-0.05, 0) is 38.2 Å². The van der Waals surface area contributed by atoms with Crippen molar-refractivity contribution in [3.05, 3.63) is 35.9 Å². The van der Waals surface area contributed by atoms with Gasteiger partial charge in [0.1, 0.15) is 5.56 Å². The lowest BCUT2D eigenvalue weighted by Crippen LogP contribution is -2.38. The predicted octanol–water partition coefficient (Wildman–Crippen LogP) is 2.57. The summed E-state index contributed by atoms with van der Waals surface area (Å²) in [7, 11) is 0. The van der Waals surface area contributed by atoms with Gasteiger partial charge in [0.25, 0.3) is 12.3 Å². The molecule has 180 valence electrons. The highest BCUT2D eigenvalue weighted by atomic mass is 19.3. The first-order chi connectivity index (χ1) is 16.5. The van der Waals surface area contributed by atoms with Crippen molar-refractivity contribution in [2.24, 2.45) is 0 Å². The summed E-state index contributed by atoms with van der Waals surface area (Å²) >= 11 is 0. The summed E-state index contributed by atoms with van der Waals surface area (Å²) in [5.74, 6) is -0.0906. The Morgan fingerprint density at radius 3 is 2.74 bits per heavy atom. The van der Waals surface area contributed by atoms with E-state index in [4.69, 9.17) is 4.74 Å². The highest BCUT2D eigenvalue weighted by Gasteiger charge is 2.42. The highest BCUT2D eigenvalue weighted by Crippen LogP contribution is 2.36. The summed E-state index contributed by atoms with van der Waals surface area (Å²) < 4.78 is 36.4. The second kappa shape index (κ2) is 8.27. The van der Waals surface area contributed by atoms with Crippen LogP contribution in [0.1, 0.15) is 60.6 Å². The van der Waals surface area contributed by atoms with E-state index in [1.165, 1.54) is 15.4 Å². The molecule has 12 heteroatoms. The predicted molar refractivity (Wildman–Crippen MR) is 117 cm³/mol. The number of fused-ring (bicyclic) bond motifs is 3. The summed E-state index contributed by atoms with van der Waals surface area (Å²) in [6.07, 6.45) is 4.94. The van der Waals surface area contributed by atoms with Gasteiger partial charge in [0.2, 0.25) is 0 Å². The third kappa shape index (κ3) is 3.61. The Hall–Kier alpha value is -3.12. The first-order valence-electron chi connectivity index (χ1n) is 11.6. The Morgan fingerprint density at radius 1 is 1.21 bits per heavy atom. The molecule has 1 saturated carbocycles. The van der Waals surface area contributed by atoms with Crippen molar-refractivity contribution in [3.8, 4) is 0 Å². The van der Waals surface area contributed by atoms with Crippen LogP contribution in [0.4, 0.5) is 20.3 Å². The lowest BCUT2D eigenvalue weighted by atomic mass is 9.93. The molecule has 1 amide bonds. The molecule has 5 heterocycles. The second-order valence-electron chi connectivity index (χ2n) is 9.21. The smallest absolute Gasteiger partial charge is 0.284 e. The van der Waals surface area contributed by atoms with Crippen molar-refractivity contribution in [1.82, 2.24) is 24.4 Å². The number of alkyl halides is 2. The molecule has 1 aliphatic carbocycles. The number of hydrogen-bond donors (Lipinski definition) is 2. The standard InChI is InChI=1S/C22H25F2N7O3/c23-19(24)18-16(10-31(27-18)12-2-4-14(32)5-3-12)26-22(33)17-20-25-6-1-7-30(20)28-21(17)29-9-15-8-13(29)11-34-15/h1,6-7,10,12-15,19,32H,2-5,8-9,11H2,(H,26,33)/t12?,13-,14?,15-/m1/s1. The number of morpholine rings is 1. The van der Waals surface area contributed by atoms with Crippen LogP contribution in [-0.2, 0) is 4.74 Å². The van der Waals surface area contributed by atoms with Crippen LogP contribution in [0, 0.1) is 0 Å². The van der Waals surface area contributed by atoms with Gasteiger partial charge in [0.15, 0.2) is 17.2 Å². The molecule has 2 aliphatic heterocycles. The van der Waals surface area contributed by atoms with Gasteiger partial charge < -0.3 is 20.1 Å². The van der Waals surface area contributed by atoms with Gasteiger partial charge in [-0.15, -0.1) is 5.10 Å². The van der Waals surface area contributed by atoms with Crippen LogP contribution in [0.5, 0.6) is 0 Å².